The largest absolute Gasteiger partial charge is 0.388 e. The lowest BCUT2D eigenvalue weighted by Crippen LogP contribution is -2.22. The molecule has 1 heterocycles. The van der Waals surface area contributed by atoms with E-state index in [9.17, 15) is 0 Å². The maximum Gasteiger partial charge on any atom is 0.0875 e. The summed E-state index contributed by atoms with van der Waals surface area (Å²) in [5.41, 5.74) is 9.61. The molecule has 3 aromatic carbocycles. The fraction of sp³-hybridized carbons (Fsp3) is 0.222. The third-order valence-corrected chi connectivity index (χ3v) is 7.55. The van der Waals surface area contributed by atoms with Crippen LogP contribution in [0.4, 0.5) is 0 Å². The number of nitrogens with one attached hydrogen (secondary N) is 1. The summed E-state index contributed by atoms with van der Waals surface area (Å²) >= 11 is 0. The summed E-state index contributed by atoms with van der Waals surface area (Å²) in [7, 11) is 0. The van der Waals surface area contributed by atoms with Crippen LogP contribution in [-0.4, -0.2) is 22.6 Å². The van der Waals surface area contributed by atoms with Crippen LogP contribution in [0, 0.1) is 0 Å². The second kappa shape index (κ2) is 12.6. The Bertz CT molecular complexity index is 1600. The van der Waals surface area contributed by atoms with Crippen LogP contribution in [0.15, 0.2) is 120 Å². The minimum absolute atomic E-state index is 0.807. The predicted octanol–water partition coefficient (Wildman–Crippen LogP) is 7.02. The van der Waals surface area contributed by atoms with E-state index in [1.54, 1.807) is 0 Å². The monoisotopic (exact) mass is 524 g/mol. The quantitative estimate of drug-likeness (QED) is 0.200. The van der Waals surface area contributed by atoms with Crippen molar-refractivity contribution in [2.75, 3.05) is 13.1 Å². The highest BCUT2D eigenvalue weighted by Gasteiger charge is 2.21. The molecule has 3 aromatic rings. The van der Waals surface area contributed by atoms with Gasteiger partial charge in [-0.1, -0.05) is 78.9 Å². The van der Waals surface area contributed by atoms with Gasteiger partial charge in [-0.05, 0) is 86.1 Å². The Morgan fingerprint density at radius 2 is 1.40 bits per heavy atom. The van der Waals surface area contributed by atoms with E-state index in [1.807, 2.05) is 0 Å². The lowest BCUT2D eigenvalue weighted by molar-refractivity contribution is 0.684. The van der Waals surface area contributed by atoms with Crippen molar-refractivity contribution in [2.24, 2.45) is 4.99 Å². The van der Waals surface area contributed by atoms with Crippen LogP contribution < -0.4 is 10.7 Å². The first-order chi connectivity index (χ1) is 19.8. The van der Waals surface area contributed by atoms with Gasteiger partial charge in [0.15, 0.2) is 0 Å². The van der Waals surface area contributed by atoms with Gasteiger partial charge in [0.05, 0.1) is 28.1 Å². The fourth-order valence-corrected chi connectivity index (χ4v) is 5.48. The normalized spacial score (nSPS) is 13.2. The van der Waals surface area contributed by atoms with Crippen LogP contribution in [0.1, 0.15) is 41.8 Å². The van der Waals surface area contributed by atoms with Crippen LogP contribution in [0.2, 0.25) is 0 Å². The van der Waals surface area contributed by atoms with Crippen LogP contribution in [-0.2, 0) is 19.3 Å². The van der Waals surface area contributed by atoms with E-state index in [-0.39, 0.29) is 0 Å². The second-order valence-electron chi connectivity index (χ2n) is 10.4. The van der Waals surface area contributed by atoms with Crippen molar-refractivity contribution >= 4 is 6.08 Å². The molecule has 0 spiro atoms. The Labute approximate surface area is 237 Å². The smallest absolute Gasteiger partial charge is 0.0875 e. The first-order valence-corrected chi connectivity index (χ1v) is 14.5. The molecule has 0 aromatic heterocycles. The van der Waals surface area contributed by atoms with E-state index in [4.69, 9.17) is 9.98 Å². The molecule has 3 aliphatic rings. The maximum absolute atomic E-state index is 5.11. The summed E-state index contributed by atoms with van der Waals surface area (Å²) in [6.45, 7) is 1.77. The number of aryl methyl sites for hydroxylation is 3. The van der Waals surface area contributed by atoms with Gasteiger partial charge in [-0.15, -0.1) is 0 Å². The molecule has 0 bridgehead atoms. The van der Waals surface area contributed by atoms with E-state index >= 15 is 0 Å². The van der Waals surface area contributed by atoms with Crippen molar-refractivity contribution in [2.45, 2.75) is 38.5 Å². The predicted molar refractivity (Wildman–Crippen MR) is 164 cm³/mol. The molecule has 1 N–H and O–H groups in total. The summed E-state index contributed by atoms with van der Waals surface area (Å²) in [6.07, 6.45) is 8.50. The molecular formula is C36H36N4. The van der Waals surface area contributed by atoms with Crippen LogP contribution in [0.3, 0.4) is 0 Å². The Morgan fingerprint density at radius 1 is 0.725 bits per heavy atom. The van der Waals surface area contributed by atoms with Crippen LogP contribution >= 0.6 is 0 Å². The Balaban J connectivity index is 1.27. The summed E-state index contributed by atoms with van der Waals surface area (Å²) < 4.78 is 2.37. The molecule has 1 aliphatic heterocycles. The SMILES string of the molecule is C1=C(NCCCc2ccccc2)CCc2nc3ccc(=NCCCc4ccccc4)cc-3n(-c3ccccc3)c21. The molecular weight excluding hydrogens is 488 g/mol. The average Bonchev–Trinajstić information content (AvgIpc) is 3.02. The van der Waals surface area contributed by atoms with Gasteiger partial charge in [0.1, 0.15) is 0 Å². The minimum atomic E-state index is 0.807. The van der Waals surface area contributed by atoms with Gasteiger partial charge in [0, 0.05) is 24.5 Å². The molecule has 200 valence electrons. The lowest BCUT2D eigenvalue weighted by Gasteiger charge is -2.25. The highest BCUT2D eigenvalue weighted by Crippen LogP contribution is 2.31. The van der Waals surface area contributed by atoms with Crippen LogP contribution in [0.5, 0.6) is 0 Å². The third-order valence-electron chi connectivity index (χ3n) is 7.55. The number of aromatic nitrogens is 2. The van der Waals surface area contributed by atoms with Gasteiger partial charge in [0.25, 0.3) is 0 Å². The molecule has 0 unspecified atom stereocenters. The Morgan fingerprint density at radius 3 is 2.12 bits per heavy atom. The molecule has 0 radical (unpaired) electrons. The number of rotatable bonds is 10. The fourth-order valence-electron chi connectivity index (χ4n) is 5.48. The van der Waals surface area contributed by atoms with E-state index in [1.165, 1.54) is 16.8 Å². The molecule has 0 saturated heterocycles. The minimum Gasteiger partial charge on any atom is -0.388 e. The van der Waals surface area contributed by atoms with Gasteiger partial charge < -0.3 is 9.88 Å². The zero-order chi connectivity index (χ0) is 27.0. The molecule has 0 fully saturated rings. The van der Waals surface area contributed by atoms with Gasteiger partial charge >= 0.3 is 0 Å². The number of nitrogens with zero attached hydrogens (tertiary/aromatic N) is 3. The molecule has 40 heavy (non-hydrogen) atoms. The summed E-state index contributed by atoms with van der Waals surface area (Å²) in [4.78, 5) is 10.1. The molecule has 0 saturated carbocycles. The van der Waals surface area contributed by atoms with Gasteiger partial charge in [-0.2, -0.15) is 0 Å². The number of fused-ring (bicyclic) bond motifs is 2. The van der Waals surface area contributed by atoms with E-state index < -0.39 is 0 Å². The highest BCUT2D eigenvalue weighted by atomic mass is 15.0. The van der Waals surface area contributed by atoms with Crippen molar-refractivity contribution in [3.63, 3.8) is 0 Å². The van der Waals surface area contributed by atoms with Gasteiger partial charge in [-0.25, -0.2) is 4.98 Å². The molecule has 0 atom stereocenters. The maximum atomic E-state index is 5.11. The first kappa shape index (κ1) is 25.8. The summed E-state index contributed by atoms with van der Waals surface area (Å²) in [5.74, 6) is 0. The Hall–Kier alpha value is -4.44. The number of benzene rings is 4. The molecule has 6 rings (SSSR count). The topological polar surface area (TPSA) is 42.2 Å². The highest BCUT2D eigenvalue weighted by molar-refractivity contribution is 5.67. The zero-order valence-electron chi connectivity index (χ0n) is 23.0. The third kappa shape index (κ3) is 6.23. The molecule has 0 amide bonds. The number of allylic oxidation sites excluding steroid dienone is 1. The van der Waals surface area contributed by atoms with Crippen LogP contribution in [0.25, 0.3) is 23.2 Å². The average molecular weight is 525 g/mol. The zero-order valence-corrected chi connectivity index (χ0v) is 23.0. The Kier molecular flexibility index (Phi) is 8.14. The first-order valence-electron chi connectivity index (χ1n) is 14.5. The van der Waals surface area contributed by atoms with Crippen molar-refractivity contribution in [3.05, 3.63) is 143 Å². The van der Waals surface area contributed by atoms with Crippen molar-refractivity contribution in [1.82, 2.24) is 14.9 Å². The lowest BCUT2D eigenvalue weighted by atomic mass is 10.0. The van der Waals surface area contributed by atoms with Gasteiger partial charge in [-0.3, -0.25) is 4.99 Å². The van der Waals surface area contributed by atoms with Crippen molar-refractivity contribution in [1.29, 1.82) is 0 Å². The number of hydrogen-bond acceptors (Lipinski definition) is 3. The van der Waals surface area contributed by atoms with E-state index in [2.05, 4.69) is 125 Å². The molecule has 2 aliphatic carbocycles. The van der Waals surface area contributed by atoms with E-state index in [0.717, 1.165) is 85.4 Å². The summed E-state index contributed by atoms with van der Waals surface area (Å²) in [5, 5.41) is 4.73. The molecule has 4 heteroatoms. The number of hydrogen-bond donors (Lipinski definition) is 1. The molecule has 4 nitrogen and oxygen atoms in total. The summed E-state index contributed by atoms with van der Waals surface area (Å²) in [6, 6.07) is 38.5. The van der Waals surface area contributed by atoms with Crippen molar-refractivity contribution < 1.29 is 0 Å². The number of para-hydroxylation sites is 1. The standard InChI is InChI=1S/C36H36N4/c1-4-12-28(13-5-1)16-10-24-37-30-20-22-33-35(26-30)40(32-18-8-3-9-19-32)36-27-31(21-23-34(36)39-33)38-25-11-17-29-14-6-2-7-15-29/h1-9,12-15,18-20,22,26-27,38H,10-11,16-17,21,23-25H2. The van der Waals surface area contributed by atoms with Gasteiger partial charge in [0.2, 0.25) is 0 Å². The van der Waals surface area contributed by atoms with E-state index in [0.29, 0.717) is 0 Å². The van der Waals surface area contributed by atoms with Crippen molar-refractivity contribution in [3.8, 4) is 17.1 Å². The second-order valence-corrected chi connectivity index (χ2v) is 10.4.